The minimum atomic E-state index is -0.707. The quantitative estimate of drug-likeness (QED) is 0.0946. The molecule has 2 aliphatic heterocycles. The number of carbonyl (C=O) groups is 2. The number of rotatable bonds is 7. The molecule has 0 spiro atoms. The molecular formula is C47H32N6O4. The first-order chi connectivity index (χ1) is 27.9. The molecule has 0 saturated heterocycles. The van der Waals surface area contributed by atoms with Gasteiger partial charge >= 0.3 is 5.70 Å². The Morgan fingerprint density at radius 3 is 1.30 bits per heavy atom. The Balaban J connectivity index is 1.58. The van der Waals surface area contributed by atoms with Crippen LogP contribution in [0.5, 0.6) is 0 Å². The molecule has 0 aliphatic carbocycles. The molecule has 0 radical (unpaired) electrons. The van der Waals surface area contributed by atoms with Gasteiger partial charge in [0.15, 0.2) is 11.4 Å². The minimum Gasteiger partial charge on any atom is -0.354 e. The molecule has 9 rings (SSSR count). The number of amides is 2. The van der Waals surface area contributed by atoms with Gasteiger partial charge in [-0.25, -0.2) is 14.9 Å². The van der Waals surface area contributed by atoms with Crippen molar-refractivity contribution in [1.82, 2.24) is 24.8 Å². The maximum absolute atomic E-state index is 13.5. The van der Waals surface area contributed by atoms with Crippen LogP contribution in [-0.4, -0.2) is 42.1 Å². The Morgan fingerprint density at radius 2 is 0.930 bits per heavy atom. The lowest BCUT2D eigenvalue weighted by Crippen LogP contribution is -2.26. The average molecular weight is 745 g/mol. The van der Waals surface area contributed by atoms with Gasteiger partial charge in [-0.3, -0.25) is 19.7 Å². The number of nitro groups is 1. The van der Waals surface area contributed by atoms with Gasteiger partial charge in [0.25, 0.3) is 0 Å². The minimum absolute atomic E-state index is 0.0171. The number of benzene rings is 4. The zero-order chi connectivity index (χ0) is 39.0. The predicted molar refractivity (Wildman–Crippen MR) is 224 cm³/mol. The fraction of sp³-hybridized carbons (Fsp3) is 0.0213. The van der Waals surface area contributed by atoms with Crippen molar-refractivity contribution < 1.29 is 14.5 Å². The molecule has 8 bridgehead atoms. The zero-order valence-electron chi connectivity index (χ0n) is 30.5. The van der Waals surface area contributed by atoms with Crippen LogP contribution >= 0.6 is 0 Å². The van der Waals surface area contributed by atoms with Crippen molar-refractivity contribution in [2.24, 2.45) is 0 Å². The second-order valence-electron chi connectivity index (χ2n) is 13.5. The smallest absolute Gasteiger partial charge is 0.321 e. The fourth-order valence-electron chi connectivity index (χ4n) is 7.63. The van der Waals surface area contributed by atoms with E-state index in [4.69, 9.17) is 9.97 Å². The monoisotopic (exact) mass is 744 g/mol. The molecule has 3 aromatic heterocycles. The summed E-state index contributed by atoms with van der Waals surface area (Å²) in [5.41, 5.74) is 8.93. The van der Waals surface area contributed by atoms with Gasteiger partial charge in [-0.1, -0.05) is 121 Å². The van der Waals surface area contributed by atoms with Crippen LogP contribution in [0.2, 0.25) is 0 Å². The van der Waals surface area contributed by atoms with E-state index < -0.39 is 16.5 Å². The lowest BCUT2D eigenvalue weighted by atomic mass is 10.0. The number of hydrogen-bond acceptors (Lipinski definition) is 6. The summed E-state index contributed by atoms with van der Waals surface area (Å²) < 4.78 is 0. The molecule has 0 unspecified atom stereocenters. The van der Waals surface area contributed by atoms with Crippen LogP contribution < -0.4 is 0 Å². The number of fused-ring (bicyclic) bond motifs is 8. The first-order valence-corrected chi connectivity index (χ1v) is 18.3. The molecule has 4 aromatic carbocycles. The fourth-order valence-corrected chi connectivity index (χ4v) is 7.63. The molecule has 10 nitrogen and oxygen atoms in total. The first-order valence-electron chi connectivity index (χ1n) is 18.3. The summed E-state index contributed by atoms with van der Waals surface area (Å²) in [6.07, 6.45) is 4.32. The molecule has 57 heavy (non-hydrogen) atoms. The summed E-state index contributed by atoms with van der Waals surface area (Å²) in [4.78, 5) is 57.4. The summed E-state index contributed by atoms with van der Waals surface area (Å²) in [6, 6.07) is 46.0. The van der Waals surface area contributed by atoms with Crippen molar-refractivity contribution in [3.63, 3.8) is 0 Å². The average Bonchev–Trinajstić information content (AvgIpc) is 4.07. The van der Waals surface area contributed by atoms with Crippen molar-refractivity contribution in [1.29, 1.82) is 0 Å². The first kappa shape index (κ1) is 34.8. The van der Waals surface area contributed by atoms with Crippen molar-refractivity contribution in [3.8, 4) is 44.5 Å². The van der Waals surface area contributed by atoms with E-state index in [0.717, 1.165) is 44.1 Å². The highest BCUT2D eigenvalue weighted by atomic mass is 16.6. The maximum atomic E-state index is 13.5. The largest absolute Gasteiger partial charge is 0.354 e. The molecule has 5 heterocycles. The van der Waals surface area contributed by atoms with Gasteiger partial charge in [-0.15, -0.1) is 0 Å². The number of aromatic amines is 2. The van der Waals surface area contributed by atoms with Crippen molar-refractivity contribution in [2.75, 3.05) is 0 Å². The normalized spacial score (nSPS) is 12.1. The number of H-pyrrole nitrogens is 2. The Morgan fingerprint density at radius 1 is 0.561 bits per heavy atom. The van der Waals surface area contributed by atoms with E-state index in [1.54, 1.807) is 0 Å². The number of carbonyl (C=O) groups excluding carboxylic acids is 2. The van der Waals surface area contributed by atoms with E-state index >= 15 is 0 Å². The number of imide groups is 1. The lowest BCUT2D eigenvalue weighted by Gasteiger charge is -2.16. The Bertz CT molecular complexity index is 2970. The van der Waals surface area contributed by atoms with Crippen LogP contribution in [0.3, 0.4) is 0 Å². The molecule has 2 aliphatic rings. The Labute approximate surface area is 326 Å². The zero-order valence-corrected chi connectivity index (χ0v) is 30.5. The number of nitrogens with one attached hydrogen (secondary N) is 2. The van der Waals surface area contributed by atoms with Crippen LogP contribution in [0.25, 0.3) is 90.1 Å². The highest BCUT2D eigenvalue weighted by Gasteiger charge is 2.39. The molecule has 0 atom stereocenters. The van der Waals surface area contributed by atoms with Gasteiger partial charge in [0.2, 0.25) is 12.3 Å². The molecule has 7 aromatic rings. The maximum Gasteiger partial charge on any atom is 0.321 e. The predicted octanol–water partition coefficient (Wildman–Crippen LogP) is 10.3. The van der Waals surface area contributed by atoms with Crippen LogP contribution in [0, 0.1) is 10.1 Å². The van der Waals surface area contributed by atoms with E-state index in [1.807, 2.05) is 158 Å². The van der Waals surface area contributed by atoms with E-state index in [-0.39, 0.29) is 17.1 Å². The van der Waals surface area contributed by atoms with Crippen molar-refractivity contribution in [2.45, 2.75) is 6.92 Å². The van der Waals surface area contributed by atoms with E-state index in [1.165, 1.54) is 6.92 Å². The van der Waals surface area contributed by atoms with Gasteiger partial charge in [0, 0.05) is 51.2 Å². The van der Waals surface area contributed by atoms with Crippen LogP contribution in [0.1, 0.15) is 29.7 Å². The van der Waals surface area contributed by atoms with Crippen LogP contribution in [0.4, 0.5) is 0 Å². The standard InChI is InChI=1S/C47H32N6O4/c1-29(55)52(28-54)46-44-42(32-18-10-4-11-19-32)38-26-24-36(49-38)40(30-14-6-2-7-15-30)34-22-23-35(48-34)41(31-16-8-3-9-17-31)37-25-27-39(50-37)43(33-20-12-5-13-21-33)45(51-44)47(46)53(56)57/h2-28,49-50H,1H3. The Kier molecular flexibility index (Phi) is 8.75. The molecule has 2 amide bonds. The second kappa shape index (κ2) is 14.3. The third-order valence-corrected chi connectivity index (χ3v) is 10.1. The third-order valence-electron chi connectivity index (χ3n) is 10.1. The molecule has 274 valence electrons. The van der Waals surface area contributed by atoms with Gasteiger partial charge in [0.1, 0.15) is 5.69 Å². The second-order valence-corrected chi connectivity index (χ2v) is 13.5. The molecule has 10 heteroatoms. The number of nitrogens with zero attached hydrogens (tertiary/aromatic N) is 4. The SMILES string of the molecule is CC(=O)N(C=O)C1=C([N+](=O)[O-])c2nc1c(-c1ccccc1)c1ccc([nH]1)c(-c1ccccc1)c1nc(c(-c3ccccc3)c3ccc([nH]3)c2-c2ccccc2)C=C1. The van der Waals surface area contributed by atoms with Crippen LogP contribution in [-0.2, 0) is 9.59 Å². The summed E-state index contributed by atoms with van der Waals surface area (Å²) in [7, 11) is 0. The molecule has 0 fully saturated rings. The highest BCUT2D eigenvalue weighted by molar-refractivity contribution is 6.09. The summed E-state index contributed by atoms with van der Waals surface area (Å²) >= 11 is 0. The van der Waals surface area contributed by atoms with Gasteiger partial charge in [0.05, 0.1) is 16.3 Å². The highest BCUT2D eigenvalue weighted by Crippen LogP contribution is 2.44. The van der Waals surface area contributed by atoms with Crippen LogP contribution in [0.15, 0.2) is 146 Å². The van der Waals surface area contributed by atoms with Gasteiger partial charge in [-0.2, -0.15) is 0 Å². The van der Waals surface area contributed by atoms with E-state index in [0.29, 0.717) is 45.2 Å². The lowest BCUT2D eigenvalue weighted by molar-refractivity contribution is -0.375. The van der Waals surface area contributed by atoms with E-state index in [2.05, 4.69) is 9.97 Å². The molecule has 2 N–H and O–H groups in total. The summed E-state index contributed by atoms with van der Waals surface area (Å²) in [5.74, 6) is -0.707. The molecule has 0 saturated carbocycles. The van der Waals surface area contributed by atoms with E-state index in [9.17, 15) is 19.7 Å². The third kappa shape index (κ3) is 6.11. The van der Waals surface area contributed by atoms with Crippen molar-refractivity contribution in [3.05, 3.63) is 178 Å². The van der Waals surface area contributed by atoms with Gasteiger partial charge < -0.3 is 9.97 Å². The number of hydrogen-bond donors (Lipinski definition) is 2. The molecular weight excluding hydrogens is 713 g/mol. The number of aromatic nitrogens is 4. The topological polar surface area (TPSA) is 138 Å². The van der Waals surface area contributed by atoms with Crippen molar-refractivity contribution >= 4 is 57.9 Å². The Hall–Kier alpha value is -7.98. The van der Waals surface area contributed by atoms with Gasteiger partial charge in [-0.05, 0) is 58.7 Å². The summed E-state index contributed by atoms with van der Waals surface area (Å²) in [5, 5.41) is 13.5. The summed E-state index contributed by atoms with van der Waals surface area (Å²) in [6.45, 7) is 1.20.